The molecular formula is C18H16N2O3S. The van der Waals surface area contributed by atoms with Crippen molar-refractivity contribution in [1.29, 1.82) is 0 Å². The summed E-state index contributed by atoms with van der Waals surface area (Å²) >= 11 is 1.48. The predicted octanol–water partition coefficient (Wildman–Crippen LogP) is 3.26. The van der Waals surface area contributed by atoms with Crippen molar-refractivity contribution >= 4 is 33.2 Å². The molecule has 1 aromatic heterocycles. The average Bonchev–Trinajstić information content (AvgIpc) is 2.96. The SMILES string of the molecule is Cc1c(C(=O)NCc2ccc(C(=O)NO)cc2)sc2ccccc12. The highest BCUT2D eigenvalue weighted by molar-refractivity contribution is 7.21. The third kappa shape index (κ3) is 3.15. The fourth-order valence-electron chi connectivity index (χ4n) is 2.49. The van der Waals surface area contributed by atoms with E-state index in [2.05, 4.69) is 5.32 Å². The van der Waals surface area contributed by atoms with E-state index < -0.39 is 5.91 Å². The lowest BCUT2D eigenvalue weighted by atomic mass is 10.1. The van der Waals surface area contributed by atoms with Gasteiger partial charge in [-0.15, -0.1) is 11.3 Å². The predicted molar refractivity (Wildman–Crippen MR) is 93.4 cm³/mol. The van der Waals surface area contributed by atoms with Crippen molar-refractivity contribution < 1.29 is 14.8 Å². The second-order valence-electron chi connectivity index (χ2n) is 5.37. The fraction of sp³-hybridized carbons (Fsp3) is 0.111. The normalized spacial score (nSPS) is 10.6. The molecule has 0 bridgehead atoms. The van der Waals surface area contributed by atoms with Crippen LogP contribution in [-0.2, 0) is 6.54 Å². The molecule has 2 amide bonds. The summed E-state index contributed by atoms with van der Waals surface area (Å²) in [6.45, 7) is 2.32. The molecule has 0 fully saturated rings. The maximum Gasteiger partial charge on any atom is 0.274 e. The van der Waals surface area contributed by atoms with Gasteiger partial charge in [0.1, 0.15) is 0 Å². The molecule has 2 aromatic carbocycles. The topological polar surface area (TPSA) is 78.4 Å². The summed E-state index contributed by atoms with van der Waals surface area (Å²) in [5, 5.41) is 12.6. The highest BCUT2D eigenvalue weighted by atomic mass is 32.1. The van der Waals surface area contributed by atoms with E-state index in [1.807, 2.05) is 31.2 Å². The maximum absolute atomic E-state index is 12.4. The molecule has 0 saturated heterocycles. The van der Waals surface area contributed by atoms with Crippen molar-refractivity contribution in [1.82, 2.24) is 10.8 Å². The van der Waals surface area contributed by atoms with Crippen molar-refractivity contribution in [2.75, 3.05) is 0 Å². The zero-order chi connectivity index (χ0) is 17.1. The van der Waals surface area contributed by atoms with Gasteiger partial charge in [-0.05, 0) is 41.6 Å². The molecule has 3 rings (SSSR count). The van der Waals surface area contributed by atoms with Gasteiger partial charge in [-0.25, -0.2) is 5.48 Å². The van der Waals surface area contributed by atoms with Gasteiger partial charge in [-0.1, -0.05) is 30.3 Å². The van der Waals surface area contributed by atoms with E-state index in [4.69, 9.17) is 5.21 Å². The number of nitrogens with one attached hydrogen (secondary N) is 2. The van der Waals surface area contributed by atoms with Gasteiger partial charge >= 0.3 is 0 Å². The van der Waals surface area contributed by atoms with E-state index in [1.54, 1.807) is 29.7 Å². The standard InChI is InChI=1S/C18H16N2O3S/c1-11-14-4-2-3-5-15(14)24-16(11)18(22)19-10-12-6-8-13(9-7-12)17(21)20-23/h2-9,23H,10H2,1H3,(H,19,22)(H,20,21). The number of hydrogen-bond acceptors (Lipinski definition) is 4. The van der Waals surface area contributed by atoms with Crippen molar-refractivity contribution in [2.45, 2.75) is 13.5 Å². The molecule has 5 nitrogen and oxygen atoms in total. The Labute approximate surface area is 142 Å². The van der Waals surface area contributed by atoms with Crippen molar-refractivity contribution in [3.8, 4) is 0 Å². The van der Waals surface area contributed by atoms with E-state index >= 15 is 0 Å². The van der Waals surface area contributed by atoms with Gasteiger partial charge in [0.05, 0.1) is 4.88 Å². The molecule has 3 N–H and O–H groups in total. The second-order valence-corrected chi connectivity index (χ2v) is 6.43. The number of fused-ring (bicyclic) bond motifs is 1. The molecule has 0 radical (unpaired) electrons. The summed E-state index contributed by atoms with van der Waals surface area (Å²) in [5.74, 6) is -0.669. The van der Waals surface area contributed by atoms with Gasteiger partial charge in [0.2, 0.25) is 0 Å². The monoisotopic (exact) mass is 340 g/mol. The van der Waals surface area contributed by atoms with Gasteiger partial charge in [-0.2, -0.15) is 0 Å². The fourth-order valence-corrected chi connectivity index (χ4v) is 3.62. The number of hydrogen-bond donors (Lipinski definition) is 3. The Bertz CT molecular complexity index is 900. The van der Waals surface area contributed by atoms with E-state index in [0.29, 0.717) is 17.0 Å². The van der Waals surface area contributed by atoms with Crippen LogP contribution in [0.25, 0.3) is 10.1 Å². The summed E-state index contributed by atoms with van der Waals surface area (Å²) < 4.78 is 1.10. The zero-order valence-electron chi connectivity index (χ0n) is 13.0. The number of carbonyl (C=O) groups is 2. The molecule has 0 unspecified atom stereocenters. The highest BCUT2D eigenvalue weighted by Crippen LogP contribution is 2.30. The molecule has 0 atom stereocenters. The van der Waals surface area contributed by atoms with E-state index in [9.17, 15) is 9.59 Å². The summed E-state index contributed by atoms with van der Waals surface area (Å²) in [7, 11) is 0. The van der Waals surface area contributed by atoms with Crippen LogP contribution in [0.4, 0.5) is 0 Å². The third-order valence-electron chi connectivity index (χ3n) is 3.82. The van der Waals surface area contributed by atoms with Gasteiger partial charge in [0, 0.05) is 16.8 Å². The van der Waals surface area contributed by atoms with Crippen LogP contribution in [0.3, 0.4) is 0 Å². The minimum Gasteiger partial charge on any atom is -0.347 e. The molecular weight excluding hydrogens is 324 g/mol. The Hall–Kier alpha value is -2.70. The van der Waals surface area contributed by atoms with Gasteiger partial charge in [0.15, 0.2) is 0 Å². The number of amides is 2. The molecule has 122 valence electrons. The summed E-state index contributed by atoms with van der Waals surface area (Å²) in [6, 6.07) is 14.6. The third-order valence-corrected chi connectivity index (χ3v) is 5.09. The number of thiophene rings is 1. The van der Waals surface area contributed by atoms with Crippen LogP contribution in [0.15, 0.2) is 48.5 Å². The molecule has 1 heterocycles. The Kier molecular flexibility index (Phi) is 4.59. The molecule has 6 heteroatoms. The van der Waals surface area contributed by atoms with Gasteiger partial charge in [0.25, 0.3) is 11.8 Å². The smallest absolute Gasteiger partial charge is 0.274 e. The Morgan fingerprint density at radius 3 is 2.42 bits per heavy atom. The molecule has 3 aromatic rings. The lowest BCUT2D eigenvalue weighted by molar-refractivity contribution is 0.0706. The molecule has 0 spiro atoms. The minimum atomic E-state index is -0.563. The van der Waals surface area contributed by atoms with Crippen molar-refractivity contribution in [2.24, 2.45) is 0 Å². The lowest BCUT2D eigenvalue weighted by Gasteiger charge is -2.06. The van der Waals surface area contributed by atoms with Crippen LogP contribution in [0, 0.1) is 6.92 Å². The Balaban J connectivity index is 1.70. The number of benzene rings is 2. The molecule has 24 heavy (non-hydrogen) atoms. The lowest BCUT2D eigenvalue weighted by Crippen LogP contribution is -2.22. The minimum absolute atomic E-state index is 0.106. The van der Waals surface area contributed by atoms with Crippen LogP contribution in [0.5, 0.6) is 0 Å². The number of hydroxylamine groups is 1. The second kappa shape index (κ2) is 6.82. The van der Waals surface area contributed by atoms with Crippen LogP contribution in [0.2, 0.25) is 0 Å². The van der Waals surface area contributed by atoms with Crippen molar-refractivity contribution in [3.05, 3.63) is 70.1 Å². The Morgan fingerprint density at radius 1 is 1.04 bits per heavy atom. The van der Waals surface area contributed by atoms with E-state index in [-0.39, 0.29) is 5.91 Å². The highest BCUT2D eigenvalue weighted by Gasteiger charge is 2.14. The summed E-state index contributed by atoms with van der Waals surface area (Å²) in [5.41, 5.74) is 3.80. The quantitative estimate of drug-likeness (QED) is 0.504. The van der Waals surface area contributed by atoms with Crippen LogP contribution in [-0.4, -0.2) is 17.0 Å². The van der Waals surface area contributed by atoms with Crippen molar-refractivity contribution in [3.63, 3.8) is 0 Å². The maximum atomic E-state index is 12.4. The number of rotatable bonds is 4. The number of carbonyl (C=O) groups excluding carboxylic acids is 2. The number of aryl methyl sites for hydroxylation is 1. The van der Waals surface area contributed by atoms with Crippen LogP contribution < -0.4 is 10.8 Å². The largest absolute Gasteiger partial charge is 0.347 e. The zero-order valence-corrected chi connectivity index (χ0v) is 13.8. The Morgan fingerprint density at radius 2 is 1.75 bits per heavy atom. The molecule has 0 aliphatic rings. The summed E-state index contributed by atoms with van der Waals surface area (Å²) in [4.78, 5) is 24.4. The summed E-state index contributed by atoms with van der Waals surface area (Å²) in [6.07, 6.45) is 0. The first kappa shape index (κ1) is 16.2. The first-order valence-corrected chi connectivity index (χ1v) is 8.21. The first-order chi connectivity index (χ1) is 11.6. The first-order valence-electron chi connectivity index (χ1n) is 7.40. The van der Waals surface area contributed by atoms with Crippen LogP contribution in [0.1, 0.15) is 31.2 Å². The van der Waals surface area contributed by atoms with Crippen LogP contribution >= 0.6 is 11.3 Å². The van der Waals surface area contributed by atoms with Gasteiger partial charge < -0.3 is 5.32 Å². The molecule has 0 aliphatic carbocycles. The van der Waals surface area contributed by atoms with E-state index in [0.717, 1.165) is 21.2 Å². The average molecular weight is 340 g/mol. The van der Waals surface area contributed by atoms with E-state index in [1.165, 1.54) is 11.3 Å². The molecule has 0 saturated carbocycles. The molecule has 0 aliphatic heterocycles. The van der Waals surface area contributed by atoms with Gasteiger partial charge in [-0.3, -0.25) is 14.8 Å².